The summed E-state index contributed by atoms with van der Waals surface area (Å²) >= 11 is 0. The number of aromatic nitrogens is 1. The Morgan fingerprint density at radius 1 is 1.24 bits per heavy atom. The highest BCUT2D eigenvalue weighted by atomic mass is 16.5. The molecule has 2 atom stereocenters. The van der Waals surface area contributed by atoms with Crippen molar-refractivity contribution in [3.63, 3.8) is 0 Å². The molecule has 0 saturated carbocycles. The first kappa shape index (κ1) is 19.0. The third-order valence-electron chi connectivity index (χ3n) is 4.73. The number of hydrogen-bond donors (Lipinski definition) is 2. The first-order valence-electron chi connectivity index (χ1n) is 8.84. The molecule has 0 unspecified atom stereocenters. The lowest BCUT2D eigenvalue weighted by molar-refractivity contribution is -0.130. The fourth-order valence-electron chi connectivity index (χ4n) is 2.92. The Balaban J connectivity index is 2.16. The third-order valence-corrected chi connectivity index (χ3v) is 4.73. The number of methoxy groups -OCH3 is 1. The zero-order valence-corrected chi connectivity index (χ0v) is 15.7. The van der Waals surface area contributed by atoms with Crippen LogP contribution in [-0.4, -0.2) is 29.8 Å². The maximum atomic E-state index is 12.6. The highest BCUT2D eigenvalue weighted by Crippen LogP contribution is 2.24. The van der Waals surface area contributed by atoms with Crippen LogP contribution in [0.5, 0.6) is 5.75 Å². The van der Waals surface area contributed by atoms with Gasteiger partial charge >= 0.3 is 0 Å². The summed E-state index contributed by atoms with van der Waals surface area (Å²) in [7, 11) is 1.62. The van der Waals surface area contributed by atoms with Gasteiger partial charge in [0.15, 0.2) is 5.78 Å². The fourth-order valence-corrected chi connectivity index (χ4v) is 2.92. The van der Waals surface area contributed by atoms with E-state index in [0.717, 1.165) is 28.6 Å². The lowest BCUT2D eigenvalue weighted by Crippen LogP contribution is -2.47. The van der Waals surface area contributed by atoms with E-state index in [1.165, 1.54) is 0 Å². The quantitative estimate of drug-likeness (QED) is 0.770. The van der Waals surface area contributed by atoms with Crippen LogP contribution in [0.25, 0.3) is 10.9 Å². The topological polar surface area (TPSA) is 71.2 Å². The van der Waals surface area contributed by atoms with Crippen molar-refractivity contribution < 1.29 is 14.3 Å². The number of H-pyrrole nitrogens is 1. The van der Waals surface area contributed by atoms with E-state index in [0.29, 0.717) is 0 Å². The van der Waals surface area contributed by atoms with E-state index in [-0.39, 0.29) is 29.9 Å². The van der Waals surface area contributed by atoms with Crippen molar-refractivity contribution in [1.82, 2.24) is 10.3 Å². The molecule has 0 aliphatic heterocycles. The van der Waals surface area contributed by atoms with Crippen molar-refractivity contribution in [2.75, 3.05) is 7.11 Å². The second-order valence-corrected chi connectivity index (χ2v) is 6.89. The maximum Gasteiger partial charge on any atom is 0.225 e. The van der Waals surface area contributed by atoms with Crippen LogP contribution in [0, 0.1) is 11.8 Å². The van der Waals surface area contributed by atoms with Gasteiger partial charge in [-0.2, -0.15) is 0 Å². The Morgan fingerprint density at radius 3 is 2.56 bits per heavy atom. The molecule has 1 heterocycles. The van der Waals surface area contributed by atoms with Gasteiger partial charge in [-0.1, -0.05) is 34.1 Å². The highest BCUT2D eigenvalue weighted by Gasteiger charge is 2.27. The van der Waals surface area contributed by atoms with Crippen molar-refractivity contribution in [3.8, 4) is 5.75 Å². The molecule has 1 aromatic carbocycles. The van der Waals surface area contributed by atoms with Gasteiger partial charge in [0.1, 0.15) is 5.75 Å². The molecular weight excluding hydrogens is 316 g/mol. The van der Waals surface area contributed by atoms with Crippen molar-refractivity contribution in [1.29, 1.82) is 0 Å². The summed E-state index contributed by atoms with van der Waals surface area (Å²) in [5.74, 6) is 0.714. The van der Waals surface area contributed by atoms with E-state index in [9.17, 15) is 9.59 Å². The molecule has 5 heteroatoms. The maximum absolute atomic E-state index is 12.6. The van der Waals surface area contributed by atoms with E-state index >= 15 is 0 Å². The molecular formula is C20H28N2O3. The number of hydrogen-bond acceptors (Lipinski definition) is 3. The van der Waals surface area contributed by atoms with E-state index in [4.69, 9.17) is 4.74 Å². The Hall–Kier alpha value is -2.30. The number of fused-ring (bicyclic) bond motifs is 1. The average molecular weight is 344 g/mol. The summed E-state index contributed by atoms with van der Waals surface area (Å²) in [6, 6.07) is 5.29. The first-order valence-corrected chi connectivity index (χ1v) is 8.84. The molecule has 0 saturated heterocycles. The van der Waals surface area contributed by atoms with Crippen LogP contribution in [0.3, 0.4) is 0 Å². The van der Waals surface area contributed by atoms with Crippen LogP contribution >= 0.6 is 0 Å². The summed E-state index contributed by atoms with van der Waals surface area (Å²) < 4.78 is 5.26. The smallest absolute Gasteiger partial charge is 0.225 e. The summed E-state index contributed by atoms with van der Waals surface area (Å²) in [5, 5.41) is 3.91. The van der Waals surface area contributed by atoms with Crippen molar-refractivity contribution >= 4 is 22.6 Å². The van der Waals surface area contributed by atoms with Gasteiger partial charge in [-0.3, -0.25) is 9.59 Å². The number of ether oxygens (including phenoxy) is 1. The first-order chi connectivity index (χ1) is 11.9. The molecule has 2 N–H and O–H groups in total. The SMILES string of the molecule is CC[C@H](C)[C@H](NC(=O)Cc1c[nH]c2ccc(OC)cc12)C(=O)C(C)C. The summed E-state index contributed by atoms with van der Waals surface area (Å²) in [6.07, 6.45) is 2.91. The zero-order valence-electron chi connectivity index (χ0n) is 15.7. The van der Waals surface area contributed by atoms with Gasteiger partial charge in [-0.25, -0.2) is 0 Å². The van der Waals surface area contributed by atoms with Crippen molar-refractivity contribution in [2.24, 2.45) is 11.8 Å². The van der Waals surface area contributed by atoms with E-state index in [2.05, 4.69) is 10.3 Å². The molecule has 136 valence electrons. The lowest BCUT2D eigenvalue weighted by atomic mass is 9.90. The second kappa shape index (κ2) is 8.19. The largest absolute Gasteiger partial charge is 0.497 e. The highest BCUT2D eigenvalue weighted by molar-refractivity contribution is 5.93. The molecule has 0 bridgehead atoms. The van der Waals surface area contributed by atoms with Gasteiger partial charge in [-0.15, -0.1) is 0 Å². The number of Topliss-reactive ketones (excluding diaryl/α,β-unsaturated/α-hetero) is 1. The molecule has 0 radical (unpaired) electrons. The molecule has 25 heavy (non-hydrogen) atoms. The third kappa shape index (κ3) is 4.41. The van der Waals surface area contributed by atoms with Crippen LogP contribution in [0.15, 0.2) is 24.4 Å². The Labute approximate surface area is 149 Å². The minimum Gasteiger partial charge on any atom is -0.497 e. The second-order valence-electron chi connectivity index (χ2n) is 6.89. The van der Waals surface area contributed by atoms with Gasteiger partial charge in [0.2, 0.25) is 5.91 Å². The van der Waals surface area contributed by atoms with Crippen molar-refractivity contribution in [2.45, 2.75) is 46.6 Å². The standard InChI is InChI=1S/C20H28N2O3/c1-6-13(4)19(20(24)12(2)3)22-18(23)9-14-11-21-17-8-7-15(25-5)10-16(14)17/h7-8,10-13,19,21H,6,9H2,1-5H3,(H,22,23)/t13-,19-/m0/s1. The van der Waals surface area contributed by atoms with Crippen LogP contribution in [0.1, 0.15) is 39.7 Å². The van der Waals surface area contributed by atoms with Gasteiger partial charge < -0.3 is 15.0 Å². The molecule has 2 rings (SSSR count). The van der Waals surface area contributed by atoms with Crippen LogP contribution in [-0.2, 0) is 16.0 Å². The average Bonchev–Trinajstić information content (AvgIpc) is 3.00. The predicted molar refractivity (Wildman–Crippen MR) is 99.8 cm³/mol. The van der Waals surface area contributed by atoms with Crippen LogP contribution < -0.4 is 10.1 Å². The molecule has 2 aromatic rings. The molecule has 0 fully saturated rings. The lowest BCUT2D eigenvalue weighted by Gasteiger charge is -2.24. The summed E-state index contributed by atoms with van der Waals surface area (Å²) in [6.45, 7) is 7.77. The van der Waals surface area contributed by atoms with E-state index < -0.39 is 6.04 Å². The van der Waals surface area contributed by atoms with Gasteiger partial charge in [0.25, 0.3) is 0 Å². The number of ketones is 1. The van der Waals surface area contributed by atoms with Gasteiger partial charge in [-0.05, 0) is 29.7 Å². The molecule has 0 spiro atoms. The number of benzene rings is 1. The number of aromatic amines is 1. The Morgan fingerprint density at radius 2 is 1.96 bits per heavy atom. The van der Waals surface area contributed by atoms with Crippen LogP contribution in [0.2, 0.25) is 0 Å². The minimum absolute atomic E-state index is 0.0864. The monoisotopic (exact) mass is 344 g/mol. The Bertz CT molecular complexity index is 748. The minimum atomic E-state index is -0.433. The van der Waals surface area contributed by atoms with E-state index in [1.54, 1.807) is 7.11 Å². The predicted octanol–water partition coefficient (Wildman–Crippen LogP) is 3.48. The number of rotatable bonds is 8. The van der Waals surface area contributed by atoms with E-state index in [1.807, 2.05) is 52.1 Å². The van der Waals surface area contributed by atoms with Crippen LogP contribution in [0.4, 0.5) is 0 Å². The molecule has 1 amide bonds. The number of nitrogens with one attached hydrogen (secondary N) is 2. The fraction of sp³-hybridized carbons (Fsp3) is 0.500. The Kier molecular flexibility index (Phi) is 6.23. The zero-order chi connectivity index (χ0) is 18.6. The molecule has 0 aliphatic rings. The summed E-state index contributed by atoms with van der Waals surface area (Å²) in [4.78, 5) is 28.2. The van der Waals surface area contributed by atoms with Gasteiger partial charge in [0.05, 0.1) is 19.6 Å². The van der Waals surface area contributed by atoms with Gasteiger partial charge in [0, 0.05) is 23.0 Å². The molecule has 0 aliphatic carbocycles. The number of carbonyl (C=O) groups excluding carboxylic acids is 2. The summed E-state index contributed by atoms with van der Waals surface area (Å²) in [5.41, 5.74) is 1.85. The number of amides is 1. The molecule has 5 nitrogen and oxygen atoms in total. The normalized spacial score (nSPS) is 13.7. The van der Waals surface area contributed by atoms with Crippen molar-refractivity contribution in [3.05, 3.63) is 30.0 Å². The number of carbonyl (C=O) groups is 2. The molecule has 1 aromatic heterocycles.